The summed E-state index contributed by atoms with van der Waals surface area (Å²) in [4.78, 5) is 75.1. The SMILES string of the molecule is CC(C)C(NC(=O)C(CCCN=C(N)N)NC(=O)C(N)CC(N)=O)C(=O)NC(CCC(=O)O)C(=O)O. The summed E-state index contributed by atoms with van der Waals surface area (Å²) in [6.45, 7) is 3.31. The Kier molecular flexibility index (Phi) is 14.1. The highest BCUT2D eigenvalue weighted by Crippen LogP contribution is 2.07. The third-order valence-corrected chi connectivity index (χ3v) is 4.84. The number of carbonyl (C=O) groups excluding carboxylic acids is 4. The maximum Gasteiger partial charge on any atom is 0.326 e. The third kappa shape index (κ3) is 13.1. The van der Waals surface area contributed by atoms with E-state index in [1.807, 2.05) is 0 Å². The van der Waals surface area contributed by atoms with Gasteiger partial charge >= 0.3 is 11.9 Å². The van der Waals surface area contributed by atoms with E-state index in [0.717, 1.165) is 0 Å². The lowest BCUT2D eigenvalue weighted by Gasteiger charge is -2.27. The lowest BCUT2D eigenvalue weighted by atomic mass is 10.0. The molecule has 204 valence electrons. The van der Waals surface area contributed by atoms with Gasteiger partial charge in [0.25, 0.3) is 0 Å². The van der Waals surface area contributed by atoms with Crippen molar-refractivity contribution in [2.24, 2.45) is 33.8 Å². The van der Waals surface area contributed by atoms with Crippen LogP contribution >= 0.6 is 0 Å². The number of nitrogens with two attached hydrogens (primary N) is 4. The second-order valence-corrected chi connectivity index (χ2v) is 8.35. The molecule has 4 atom stereocenters. The van der Waals surface area contributed by atoms with E-state index >= 15 is 0 Å². The fraction of sp³-hybridized carbons (Fsp3) is 0.650. The monoisotopic (exact) mass is 516 g/mol. The molecule has 0 aliphatic heterocycles. The van der Waals surface area contributed by atoms with Crippen molar-refractivity contribution in [2.75, 3.05) is 6.54 Å². The van der Waals surface area contributed by atoms with Crippen molar-refractivity contribution in [1.29, 1.82) is 0 Å². The molecule has 0 bridgehead atoms. The average molecular weight is 517 g/mol. The van der Waals surface area contributed by atoms with Crippen LogP contribution in [0.4, 0.5) is 0 Å². The van der Waals surface area contributed by atoms with Gasteiger partial charge in [-0.1, -0.05) is 13.8 Å². The quantitative estimate of drug-likeness (QED) is 0.0514. The zero-order valence-electron chi connectivity index (χ0n) is 20.2. The number of carboxylic acids is 2. The van der Waals surface area contributed by atoms with Gasteiger partial charge in [0.2, 0.25) is 23.6 Å². The zero-order valence-corrected chi connectivity index (χ0v) is 20.2. The summed E-state index contributed by atoms with van der Waals surface area (Å²) in [5, 5.41) is 25.2. The van der Waals surface area contributed by atoms with Gasteiger partial charge in [-0.25, -0.2) is 4.79 Å². The van der Waals surface area contributed by atoms with Gasteiger partial charge in [0, 0.05) is 13.0 Å². The molecular formula is C20H36N8O8. The largest absolute Gasteiger partial charge is 0.481 e. The molecule has 16 nitrogen and oxygen atoms in total. The number of carbonyl (C=O) groups is 6. The number of aliphatic imine (C=N–C) groups is 1. The molecule has 0 fully saturated rings. The summed E-state index contributed by atoms with van der Waals surface area (Å²) >= 11 is 0. The molecule has 0 aromatic rings. The Morgan fingerprint density at radius 1 is 0.833 bits per heavy atom. The van der Waals surface area contributed by atoms with Crippen LogP contribution in [-0.2, 0) is 28.8 Å². The molecular weight excluding hydrogens is 480 g/mol. The highest BCUT2D eigenvalue weighted by Gasteiger charge is 2.32. The number of guanidine groups is 1. The van der Waals surface area contributed by atoms with Gasteiger partial charge in [-0.15, -0.1) is 0 Å². The lowest BCUT2D eigenvalue weighted by Crippen LogP contribution is -2.58. The molecule has 0 aromatic heterocycles. The molecule has 4 amide bonds. The number of rotatable bonds is 17. The Labute approximate surface area is 207 Å². The van der Waals surface area contributed by atoms with E-state index in [1.54, 1.807) is 13.8 Å². The van der Waals surface area contributed by atoms with E-state index in [1.165, 1.54) is 0 Å². The third-order valence-electron chi connectivity index (χ3n) is 4.84. The van der Waals surface area contributed by atoms with Crippen LogP contribution in [0.5, 0.6) is 0 Å². The van der Waals surface area contributed by atoms with Crippen molar-refractivity contribution in [3.63, 3.8) is 0 Å². The summed E-state index contributed by atoms with van der Waals surface area (Å²) in [6.07, 6.45) is -1.05. The topological polar surface area (TPSA) is 295 Å². The van der Waals surface area contributed by atoms with Gasteiger partial charge in [0.05, 0.1) is 12.5 Å². The molecule has 0 saturated carbocycles. The maximum absolute atomic E-state index is 13.0. The molecule has 36 heavy (non-hydrogen) atoms. The molecule has 0 aliphatic carbocycles. The van der Waals surface area contributed by atoms with Gasteiger partial charge in [-0.3, -0.25) is 29.0 Å². The molecule has 16 heteroatoms. The number of primary amides is 1. The smallest absolute Gasteiger partial charge is 0.326 e. The molecule has 0 rings (SSSR count). The number of nitrogens with zero attached hydrogens (tertiary/aromatic N) is 1. The van der Waals surface area contributed by atoms with Crippen molar-refractivity contribution in [2.45, 2.75) is 70.1 Å². The number of amides is 4. The minimum Gasteiger partial charge on any atom is -0.481 e. The van der Waals surface area contributed by atoms with E-state index in [0.29, 0.717) is 0 Å². The van der Waals surface area contributed by atoms with E-state index in [4.69, 9.17) is 28.0 Å². The normalized spacial score (nSPS) is 14.0. The first kappa shape index (κ1) is 32.0. The van der Waals surface area contributed by atoms with Crippen molar-refractivity contribution in [3.05, 3.63) is 0 Å². The Balaban J connectivity index is 5.55. The van der Waals surface area contributed by atoms with Crippen LogP contribution in [0.3, 0.4) is 0 Å². The summed E-state index contributed by atoms with van der Waals surface area (Å²) in [5.74, 6) is -6.66. The van der Waals surface area contributed by atoms with Crippen LogP contribution in [0.25, 0.3) is 0 Å². The molecule has 4 unspecified atom stereocenters. The second-order valence-electron chi connectivity index (χ2n) is 8.35. The maximum atomic E-state index is 13.0. The van der Waals surface area contributed by atoms with Gasteiger partial charge < -0.3 is 49.1 Å². The van der Waals surface area contributed by atoms with Crippen LogP contribution in [0.2, 0.25) is 0 Å². The van der Waals surface area contributed by atoms with E-state index < -0.39 is 78.5 Å². The minimum atomic E-state index is -1.49. The summed E-state index contributed by atoms with van der Waals surface area (Å²) in [6, 6.07) is -5.23. The van der Waals surface area contributed by atoms with E-state index in [2.05, 4.69) is 20.9 Å². The van der Waals surface area contributed by atoms with Crippen molar-refractivity contribution < 1.29 is 39.0 Å². The molecule has 0 saturated heterocycles. The minimum absolute atomic E-state index is 0.0282. The summed E-state index contributed by atoms with van der Waals surface area (Å²) in [7, 11) is 0. The molecule has 13 N–H and O–H groups in total. The van der Waals surface area contributed by atoms with Crippen LogP contribution in [0, 0.1) is 5.92 Å². The lowest BCUT2D eigenvalue weighted by molar-refractivity contribution is -0.143. The van der Waals surface area contributed by atoms with Crippen molar-refractivity contribution >= 4 is 41.5 Å². The fourth-order valence-electron chi connectivity index (χ4n) is 2.94. The first-order valence-electron chi connectivity index (χ1n) is 11.1. The Morgan fingerprint density at radius 3 is 1.89 bits per heavy atom. The number of hydrogen-bond acceptors (Lipinski definition) is 8. The average Bonchev–Trinajstić information content (AvgIpc) is 2.75. The Hall–Kier alpha value is -3.95. The van der Waals surface area contributed by atoms with Crippen LogP contribution in [0.1, 0.15) is 46.0 Å². The van der Waals surface area contributed by atoms with Gasteiger partial charge in [0.1, 0.15) is 18.1 Å². The first-order valence-corrected chi connectivity index (χ1v) is 11.1. The Morgan fingerprint density at radius 2 is 1.42 bits per heavy atom. The molecule has 0 aliphatic rings. The van der Waals surface area contributed by atoms with Crippen LogP contribution < -0.4 is 38.9 Å². The van der Waals surface area contributed by atoms with Gasteiger partial charge in [0.15, 0.2) is 5.96 Å². The number of hydrogen-bond donors (Lipinski definition) is 9. The Bertz CT molecular complexity index is 844. The second kappa shape index (κ2) is 15.9. The zero-order chi connectivity index (χ0) is 28.0. The van der Waals surface area contributed by atoms with Crippen LogP contribution in [-0.4, -0.2) is 82.5 Å². The van der Waals surface area contributed by atoms with E-state index in [9.17, 15) is 33.9 Å². The van der Waals surface area contributed by atoms with Gasteiger partial charge in [-0.2, -0.15) is 0 Å². The van der Waals surface area contributed by atoms with Crippen molar-refractivity contribution in [1.82, 2.24) is 16.0 Å². The molecule has 0 spiro atoms. The predicted molar refractivity (Wildman–Crippen MR) is 127 cm³/mol. The van der Waals surface area contributed by atoms with Crippen LogP contribution in [0.15, 0.2) is 4.99 Å². The number of carboxylic acid groups (broad SMARTS) is 2. The highest BCUT2D eigenvalue weighted by molar-refractivity contribution is 5.95. The first-order chi connectivity index (χ1) is 16.6. The summed E-state index contributed by atoms with van der Waals surface area (Å²) < 4.78 is 0. The van der Waals surface area contributed by atoms with Crippen molar-refractivity contribution in [3.8, 4) is 0 Å². The van der Waals surface area contributed by atoms with E-state index in [-0.39, 0.29) is 31.8 Å². The summed E-state index contributed by atoms with van der Waals surface area (Å²) in [5.41, 5.74) is 21.2. The van der Waals surface area contributed by atoms with Gasteiger partial charge in [-0.05, 0) is 25.2 Å². The number of nitrogens with one attached hydrogen (secondary N) is 3. The predicted octanol–water partition coefficient (Wildman–Crippen LogP) is -3.70. The molecule has 0 heterocycles. The molecule has 0 aromatic carbocycles. The standard InChI is InChI=1S/C20H36N8O8/c1-9(2)15(18(34)27-12(19(35)36)5-6-14(30)31)28-17(33)11(4-3-7-25-20(23)24)26-16(32)10(21)8-13(22)29/h9-12,15H,3-8,21H2,1-2H3,(H2,22,29)(H,26,32)(H,27,34)(H,28,33)(H,30,31)(H,35,36)(H4,23,24,25). The molecule has 0 radical (unpaired) electrons. The highest BCUT2D eigenvalue weighted by atomic mass is 16.4. The fourth-order valence-corrected chi connectivity index (χ4v) is 2.94. The number of aliphatic carboxylic acids is 2.